The van der Waals surface area contributed by atoms with Crippen molar-refractivity contribution >= 4 is 5.78 Å². The second-order valence-electron chi connectivity index (χ2n) is 3.94. The van der Waals surface area contributed by atoms with E-state index < -0.39 is 5.92 Å². The van der Waals surface area contributed by atoms with Crippen LogP contribution in [0.3, 0.4) is 0 Å². The van der Waals surface area contributed by atoms with Crippen molar-refractivity contribution < 1.29 is 9.53 Å². The Morgan fingerprint density at radius 3 is 2.59 bits per heavy atom. The number of nitriles is 1. The fourth-order valence-electron chi connectivity index (χ4n) is 1.36. The zero-order valence-electron chi connectivity index (χ0n) is 10.3. The summed E-state index contributed by atoms with van der Waals surface area (Å²) in [6.45, 7) is 4.40. The van der Waals surface area contributed by atoms with Crippen molar-refractivity contribution in [2.75, 3.05) is 6.61 Å². The first kappa shape index (κ1) is 13.2. The van der Waals surface area contributed by atoms with Gasteiger partial charge in [0.05, 0.1) is 12.7 Å². The molecule has 0 aliphatic heterocycles. The molecule has 0 radical (unpaired) electrons. The first-order valence-electron chi connectivity index (χ1n) is 5.85. The molecule has 0 saturated carbocycles. The number of carbonyl (C=O) groups excluding carboxylic acids is 1. The Morgan fingerprint density at radius 1 is 1.41 bits per heavy atom. The van der Waals surface area contributed by atoms with Crippen LogP contribution >= 0.6 is 0 Å². The number of hydrogen-bond acceptors (Lipinski definition) is 3. The van der Waals surface area contributed by atoms with Crippen molar-refractivity contribution in [1.29, 1.82) is 5.26 Å². The highest BCUT2D eigenvalue weighted by Gasteiger charge is 2.13. The summed E-state index contributed by atoms with van der Waals surface area (Å²) in [7, 11) is 0. The number of ketones is 1. The van der Waals surface area contributed by atoms with Crippen LogP contribution in [-0.4, -0.2) is 12.4 Å². The summed E-state index contributed by atoms with van der Waals surface area (Å²) in [5.74, 6) is 0.0223. The number of carbonyl (C=O) groups is 1. The zero-order chi connectivity index (χ0) is 12.7. The van der Waals surface area contributed by atoms with E-state index in [9.17, 15) is 4.79 Å². The van der Waals surface area contributed by atoms with Gasteiger partial charge in [0.2, 0.25) is 0 Å². The average Bonchev–Trinajstić information content (AvgIpc) is 2.38. The molecule has 90 valence electrons. The standard InChI is InChI=1S/C14H17NO2/c1-3-4-9-17-13-7-5-12(6-8-13)14(16)11(2)10-15/h5-8,11H,3-4,9H2,1-2H3. The average molecular weight is 231 g/mol. The monoisotopic (exact) mass is 231 g/mol. The van der Waals surface area contributed by atoms with E-state index in [2.05, 4.69) is 6.92 Å². The lowest BCUT2D eigenvalue weighted by molar-refractivity contribution is 0.0956. The molecule has 0 fully saturated rings. The molecule has 0 aliphatic rings. The quantitative estimate of drug-likeness (QED) is 0.558. The maximum absolute atomic E-state index is 11.7. The summed E-state index contributed by atoms with van der Waals surface area (Å²) in [4.78, 5) is 11.7. The minimum absolute atomic E-state index is 0.146. The summed E-state index contributed by atoms with van der Waals surface area (Å²) < 4.78 is 5.49. The SMILES string of the molecule is CCCCOc1ccc(C(=O)C(C)C#N)cc1. The van der Waals surface area contributed by atoms with Gasteiger partial charge in [0.15, 0.2) is 5.78 Å². The van der Waals surface area contributed by atoms with E-state index in [1.54, 1.807) is 31.2 Å². The molecule has 1 unspecified atom stereocenters. The maximum Gasteiger partial charge on any atom is 0.179 e. The van der Waals surface area contributed by atoms with Gasteiger partial charge in [-0.25, -0.2) is 0 Å². The number of hydrogen-bond donors (Lipinski definition) is 0. The lowest BCUT2D eigenvalue weighted by atomic mass is 10.0. The first-order chi connectivity index (χ1) is 8.19. The number of rotatable bonds is 6. The number of nitrogens with zero attached hydrogens (tertiary/aromatic N) is 1. The lowest BCUT2D eigenvalue weighted by Gasteiger charge is -2.06. The predicted octanol–water partition coefficient (Wildman–Crippen LogP) is 3.21. The molecule has 1 aromatic carbocycles. The van der Waals surface area contributed by atoms with Crippen LogP contribution < -0.4 is 4.74 Å². The molecule has 0 spiro atoms. The second kappa shape index (κ2) is 6.70. The molecular weight excluding hydrogens is 214 g/mol. The molecule has 0 amide bonds. The van der Waals surface area contributed by atoms with Gasteiger partial charge >= 0.3 is 0 Å². The van der Waals surface area contributed by atoms with E-state index in [0.29, 0.717) is 12.2 Å². The van der Waals surface area contributed by atoms with Crippen LogP contribution in [0.5, 0.6) is 5.75 Å². The van der Waals surface area contributed by atoms with E-state index in [0.717, 1.165) is 18.6 Å². The van der Waals surface area contributed by atoms with E-state index in [1.807, 2.05) is 6.07 Å². The molecule has 3 heteroatoms. The number of benzene rings is 1. The maximum atomic E-state index is 11.7. The van der Waals surface area contributed by atoms with E-state index >= 15 is 0 Å². The molecule has 3 nitrogen and oxygen atoms in total. The van der Waals surface area contributed by atoms with E-state index in [-0.39, 0.29) is 5.78 Å². The summed E-state index contributed by atoms with van der Waals surface area (Å²) in [5.41, 5.74) is 0.557. The van der Waals surface area contributed by atoms with Gasteiger partial charge in [-0.3, -0.25) is 4.79 Å². The van der Waals surface area contributed by atoms with Gasteiger partial charge in [0.25, 0.3) is 0 Å². The topological polar surface area (TPSA) is 50.1 Å². The number of Topliss-reactive ketones (excluding diaryl/α,β-unsaturated/α-hetero) is 1. The third-order valence-electron chi connectivity index (χ3n) is 2.49. The second-order valence-corrected chi connectivity index (χ2v) is 3.94. The highest BCUT2D eigenvalue weighted by molar-refractivity contribution is 5.99. The van der Waals surface area contributed by atoms with Crippen LogP contribution in [0.1, 0.15) is 37.0 Å². The minimum Gasteiger partial charge on any atom is -0.494 e. The first-order valence-corrected chi connectivity index (χ1v) is 5.85. The Morgan fingerprint density at radius 2 is 2.06 bits per heavy atom. The van der Waals surface area contributed by atoms with Gasteiger partial charge in [-0.2, -0.15) is 5.26 Å². The predicted molar refractivity (Wildman–Crippen MR) is 66.0 cm³/mol. The van der Waals surface area contributed by atoms with Gasteiger partial charge in [-0.05, 0) is 37.6 Å². The van der Waals surface area contributed by atoms with Gasteiger partial charge in [0.1, 0.15) is 11.7 Å². The molecule has 1 atom stereocenters. The van der Waals surface area contributed by atoms with Gasteiger partial charge in [-0.15, -0.1) is 0 Å². The molecule has 0 heterocycles. The highest BCUT2D eigenvalue weighted by Crippen LogP contribution is 2.15. The van der Waals surface area contributed by atoms with Crippen molar-refractivity contribution in [3.63, 3.8) is 0 Å². The lowest BCUT2D eigenvalue weighted by Crippen LogP contribution is -2.08. The molecule has 0 bridgehead atoms. The summed E-state index contributed by atoms with van der Waals surface area (Å²) in [6, 6.07) is 8.89. The molecule has 1 aromatic rings. The Hall–Kier alpha value is -1.82. The van der Waals surface area contributed by atoms with Gasteiger partial charge in [0, 0.05) is 5.56 Å². The van der Waals surface area contributed by atoms with Crippen molar-refractivity contribution in [1.82, 2.24) is 0 Å². The molecule has 17 heavy (non-hydrogen) atoms. The smallest absolute Gasteiger partial charge is 0.179 e. The number of unbranched alkanes of at least 4 members (excludes halogenated alkanes) is 1. The van der Waals surface area contributed by atoms with Crippen LogP contribution in [0, 0.1) is 17.2 Å². The van der Waals surface area contributed by atoms with Crippen LogP contribution in [0.15, 0.2) is 24.3 Å². The fraction of sp³-hybridized carbons (Fsp3) is 0.429. The Kier molecular flexibility index (Phi) is 5.22. The minimum atomic E-state index is -0.596. The highest BCUT2D eigenvalue weighted by atomic mass is 16.5. The Bertz CT molecular complexity index is 403. The molecule has 1 rings (SSSR count). The van der Waals surface area contributed by atoms with Crippen LogP contribution in [0.25, 0.3) is 0 Å². The zero-order valence-corrected chi connectivity index (χ0v) is 10.3. The largest absolute Gasteiger partial charge is 0.494 e. The Balaban J connectivity index is 2.62. The van der Waals surface area contributed by atoms with Gasteiger partial charge < -0.3 is 4.74 Å². The number of ether oxygens (including phenoxy) is 1. The molecule has 0 N–H and O–H groups in total. The summed E-state index contributed by atoms with van der Waals surface area (Å²) in [6.07, 6.45) is 2.11. The molecule has 0 aromatic heterocycles. The van der Waals surface area contributed by atoms with Crippen molar-refractivity contribution in [3.8, 4) is 11.8 Å². The third kappa shape index (κ3) is 3.92. The van der Waals surface area contributed by atoms with E-state index in [4.69, 9.17) is 10.00 Å². The fourth-order valence-corrected chi connectivity index (χ4v) is 1.36. The molecule has 0 saturated heterocycles. The van der Waals surface area contributed by atoms with Crippen molar-refractivity contribution in [3.05, 3.63) is 29.8 Å². The molecular formula is C14H17NO2. The summed E-state index contributed by atoms with van der Waals surface area (Å²) >= 11 is 0. The third-order valence-corrected chi connectivity index (χ3v) is 2.49. The van der Waals surface area contributed by atoms with Gasteiger partial charge in [-0.1, -0.05) is 13.3 Å². The summed E-state index contributed by atoms with van der Waals surface area (Å²) in [5, 5.41) is 8.67. The van der Waals surface area contributed by atoms with Crippen molar-refractivity contribution in [2.24, 2.45) is 5.92 Å². The van der Waals surface area contributed by atoms with Crippen molar-refractivity contribution in [2.45, 2.75) is 26.7 Å². The normalized spacial score (nSPS) is 11.6. The van der Waals surface area contributed by atoms with E-state index in [1.165, 1.54) is 0 Å². The molecule has 0 aliphatic carbocycles. The van der Waals surface area contributed by atoms with Crippen LogP contribution in [-0.2, 0) is 0 Å². The van der Waals surface area contributed by atoms with Crippen LogP contribution in [0.2, 0.25) is 0 Å². The Labute approximate surface area is 102 Å². The van der Waals surface area contributed by atoms with Crippen LogP contribution in [0.4, 0.5) is 0 Å².